The Balaban J connectivity index is 2.21. The van der Waals surface area contributed by atoms with Crippen molar-refractivity contribution in [2.24, 2.45) is 0 Å². The van der Waals surface area contributed by atoms with Crippen LogP contribution in [-0.2, 0) is 0 Å². The van der Waals surface area contributed by atoms with Crippen LogP contribution in [0.5, 0.6) is 11.6 Å². The van der Waals surface area contributed by atoms with Crippen LogP contribution in [-0.4, -0.2) is 9.91 Å². The van der Waals surface area contributed by atoms with Crippen LogP contribution in [0.2, 0.25) is 0 Å². The minimum Gasteiger partial charge on any atom is -0.439 e. The highest BCUT2D eigenvalue weighted by Gasteiger charge is 2.07. The fourth-order valence-corrected chi connectivity index (χ4v) is 1.44. The van der Waals surface area contributed by atoms with Crippen molar-refractivity contribution in [3.63, 3.8) is 0 Å². The number of hydrogen-bond donors (Lipinski definition) is 1. The Bertz CT molecular complexity index is 582. The van der Waals surface area contributed by atoms with Crippen molar-refractivity contribution in [1.82, 2.24) is 4.98 Å². The summed E-state index contributed by atoms with van der Waals surface area (Å²) in [6, 6.07) is 7.54. The molecule has 92 valence electrons. The van der Waals surface area contributed by atoms with Crippen molar-refractivity contribution < 1.29 is 9.66 Å². The average Bonchev–Trinajstić information content (AvgIpc) is 2.33. The predicted octanol–water partition coefficient (Wildman–Crippen LogP) is 2.67. The molecule has 2 aromatic rings. The molecule has 0 spiro atoms. The van der Waals surface area contributed by atoms with Crippen LogP contribution in [0.25, 0.3) is 0 Å². The molecule has 0 bridgehead atoms. The number of nitrogens with zero attached hydrogens (tertiary/aromatic N) is 2. The van der Waals surface area contributed by atoms with Crippen LogP contribution < -0.4 is 10.5 Å². The van der Waals surface area contributed by atoms with Gasteiger partial charge in [0.2, 0.25) is 5.88 Å². The summed E-state index contributed by atoms with van der Waals surface area (Å²) in [5.41, 5.74) is 6.96. The molecule has 1 aromatic carbocycles. The Hall–Kier alpha value is -2.63. The first-order valence-electron chi connectivity index (χ1n) is 5.20. The normalized spacial score (nSPS) is 10.1. The van der Waals surface area contributed by atoms with Gasteiger partial charge in [-0.1, -0.05) is 0 Å². The number of pyridine rings is 1. The molecule has 1 heterocycles. The summed E-state index contributed by atoms with van der Waals surface area (Å²) in [6.07, 6.45) is 1.49. The van der Waals surface area contributed by atoms with Crippen molar-refractivity contribution in [3.05, 3.63) is 52.2 Å². The summed E-state index contributed by atoms with van der Waals surface area (Å²) in [4.78, 5) is 14.1. The van der Waals surface area contributed by atoms with Gasteiger partial charge in [-0.15, -0.1) is 0 Å². The molecular formula is C12H11N3O3. The standard InChI is InChI=1S/C12H11N3O3/c1-8-6-9(13)7-14-12(8)18-11-4-2-10(3-5-11)15(16)17/h2-7H,13H2,1H3. The quantitative estimate of drug-likeness (QED) is 0.663. The molecule has 2 N–H and O–H groups in total. The number of aryl methyl sites for hydroxylation is 1. The van der Waals surface area contributed by atoms with Crippen LogP contribution in [0.3, 0.4) is 0 Å². The minimum atomic E-state index is -0.462. The summed E-state index contributed by atoms with van der Waals surface area (Å²) >= 11 is 0. The highest BCUT2D eigenvalue weighted by atomic mass is 16.6. The fraction of sp³-hybridized carbons (Fsp3) is 0.0833. The predicted molar refractivity (Wildman–Crippen MR) is 66.6 cm³/mol. The molecule has 2 rings (SSSR count). The van der Waals surface area contributed by atoms with Gasteiger partial charge in [0.05, 0.1) is 16.8 Å². The summed E-state index contributed by atoms with van der Waals surface area (Å²) in [5.74, 6) is 0.916. The van der Waals surface area contributed by atoms with Gasteiger partial charge in [0.25, 0.3) is 5.69 Å². The van der Waals surface area contributed by atoms with Crippen LogP contribution in [0.15, 0.2) is 36.5 Å². The van der Waals surface area contributed by atoms with Gasteiger partial charge in [-0.05, 0) is 25.1 Å². The number of anilines is 1. The summed E-state index contributed by atoms with van der Waals surface area (Å²) < 4.78 is 5.51. The highest BCUT2D eigenvalue weighted by molar-refractivity contribution is 5.44. The molecule has 0 fully saturated rings. The number of benzene rings is 1. The van der Waals surface area contributed by atoms with E-state index in [1.807, 2.05) is 6.92 Å². The van der Waals surface area contributed by atoms with E-state index in [1.54, 1.807) is 6.07 Å². The van der Waals surface area contributed by atoms with Gasteiger partial charge in [-0.3, -0.25) is 10.1 Å². The molecule has 0 saturated carbocycles. The maximum atomic E-state index is 10.5. The molecular weight excluding hydrogens is 234 g/mol. The summed E-state index contributed by atoms with van der Waals surface area (Å²) in [6.45, 7) is 1.82. The zero-order valence-corrected chi connectivity index (χ0v) is 9.66. The largest absolute Gasteiger partial charge is 0.439 e. The molecule has 6 nitrogen and oxygen atoms in total. The maximum Gasteiger partial charge on any atom is 0.269 e. The molecule has 0 saturated heterocycles. The van der Waals surface area contributed by atoms with Gasteiger partial charge < -0.3 is 10.5 Å². The molecule has 0 amide bonds. The maximum absolute atomic E-state index is 10.5. The minimum absolute atomic E-state index is 0.0179. The lowest BCUT2D eigenvalue weighted by molar-refractivity contribution is -0.384. The second kappa shape index (κ2) is 4.70. The third-order valence-electron chi connectivity index (χ3n) is 2.31. The number of nitro benzene ring substituents is 1. The second-order valence-electron chi connectivity index (χ2n) is 3.74. The lowest BCUT2D eigenvalue weighted by Crippen LogP contribution is -1.94. The van der Waals surface area contributed by atoms with Gasteiger partial charge in [0.15, 0.2) is 0 Å². The smallest absolute Gasteiger partial charge is 0.269 e. The lowest BCUT2D eigenvalue weighted by atomic mass is 10.3. The Morgan fingerprint density at radius 1 is 1.33 bits per heavy atom. The molecule has 0 aliphatic rings. The number of rotatable bonds is 3. The number of nitro groups is 1. The third-order valence-corrected chi connectivity index (χ3v) is 2.31. The molecule has 0 atom stereocenters. The van der Waals surface area contributed by atoms with E-state index in [-0.39, 0.29) is 5.69 Å². The number of aromatic nitrogens is 1. The van der Waals surface area contributed by atoms with E-state index in [2.05, 4.69) is 4.98 Å². The van der Waals surface area contributed by atoms with E-state index in [1.165, 1.54) is 30.5 Å². The molecule has 1 aromatic heterocycles. The topological polar surface area (TPSA) is 91.3 Å². The molecule has 0 unspecified atom stereocenters. The number of nitrogen functional groups attached to an aromatic ring is 1. The van der Waals surface area contributed by atoms with Crippen LogP contribution >= 0.6 is 0 Å². The van der Waals surface area contributed by atoms with Crippen molar-refractivity contribution in [3.8, 4) is 11.6 Å². The van der Waals surface area contributed by atoms with Crippen LogP contribution in [0.4, 0.5) is 11.4 Å². The van der Waals surface area contributed by atoms with Crippen LogP contribution in [0, 0.1) is 17.0 Å². The second-order valence-corrected chi connectivity index (χ2v) is 3.74. The lowest BCUT2D eigenvalue weighted by Gasteiger charge is -2.07. The number of non-ortho nitro benzene ring substituents is 1. The monoisotopic (exact) mass is 245 g/mol. The Kier molecular flexibility index (Phi) is 3.09. The van der Waals surface area contributed by atoms with E-state index < -0.39 is 4.92 Å². The number of ether oxygens (including phenoxy) is 1. The Labute approximate surface area is 103 Å². The van der Waals surface area contributed by atoms with E-state index in [4.69, 9.17) is 10.5 Å². The Morgan fingerprint density at radius 2 is 2.00 bits per heavy atom. The first kappa shape index (κ1) is 11.8. The average molecular weight is 245 g/mol. The van der Waals surface area contributed by atoms with Gasteiger partial charge in [-0.25, -0.2) is 4.98 Å². The van der Waals surface area contributed by atoms with E-state index in [9.17, 15) is 10.1 Å². The zero-order valence-electron chi connectivity index (χ0n) is 9.66. The van der Waals surface area contributed by atoms with Gasteiger partial charge in [-0.2, -0.15) is 0 Å². The third kappa shape index (κ3) is 2.54. The molecule has 18 heavy (non-hydrogen) atoms. The van der Waals surface area contributed by atoms with Crippen molar-refractivity contribution in [1.29, 1.82) is 0 Å². The van der Waals surface area contributed by atoms with Crippen molar-refractivity contribution in [2.75, 3.05) is 5.73 Å². The molecule has 0 radical (unpaired) electrons. The summed E-state index contributed by atoms with van der Waals surface area (Å²) in [7, 11) is 0. The number of nitrogens with two attached hydrogens (primary N) is 1. The van der Waals surface area contributed by atoms with Crippen LogP contribution in [0.1, 0.15) is 5.56 Å². The molecule has 6 heteroatoms. The van der Waals surface area contributed by atoms with Crippen molar-refractivity contribution >= 4 is 11.4 Å². The van der Waals surface area contributed by atoms with Crippen molar-refractivity contribution in [2.45, 2.75) is 6.92 Å². The molecule has 0 aliphatic carbocycles. The van der Waals surface area contributed by atoms with E-state index >= 15 is 0 Å². The van der Waals surface area contributed by atoms with Gasteiger partial charge >= 0.3 is 0 Å². The fourth-order valence-electron chi connectivity index (χ4n) is 1.44. The molecule has 0 aliphatic heterocycles. The first-order chi connectivity index (χ1) is 8.56. The van der Waals surface area contributed by atoms with Gasteiger partial charge in [0.1, 0.15) is 5.75 Å². The first-order valence-corrected chi connectivity index (χ1v) is 5.20. The van der Waals surface area contributed by atoms with E-state index in [0.717, 1.165) is 5.56 Å². The SMILES string of the molecule is Cc1cc(N)cnc1Oc1ccc([N+](=O)[O-])cc1. The zero-order chi connectivity index (χ0) is 13.1. The number of hydrogen-bond acceptors (Lipinski definition) is 5. The summed E-state index contributed by atoms with van der Waals surface area (Å²) in [5, 5.41) is 10.5. The van der Waals surface area contributed by atoms with Gasteiger partial charge in [0, 0.05) is 17.7 Å². The Morgan fingerprint density at radius 3 is 2.56 bits per heavy atom. The highest BCUT2D eigenvalue weighted by Crippen LogP contribution is 2.25. The van der Waals surface area contributed by atoms with E-state index in [0.29, 0.717) is 17.3 Å².